The van der Waals surface area contributed by atoms with E-state index in [0.29, 0.717) is 6.54 Å². The molecule has 0 amide bonds. The van der Waals surface area contributed by atoms with E-state index in [9.17, 15) is 0 Å². The molecule has 0 saturated carbocycles. The highest BCUT2D eigenvalue weighted by molar-refractivity contribution is 14.0. The molecule has 0 atom stereocenters. The van der Waals surface area contributed by atoms with Gasteiger partial charge in [0.25, 0.3) is 0 Å². The van der Waals surface area contributed by atoms with Crippen LogP contribution in [0.2, 0.25) is 0 Å². The van der Waals surface area contributed by atoms with Gasteiger partial charge in [-0.3, -0.25) is 4.68 Å². The van der Waals surface area contributed by atoms with Crippen LogP contribution in [0.1, 0.15) is 63.9 Å². The molecule has 0 aliphatic rings. The van der Waals surface area contributed by atoms with Crippen LogP contribution >= 0.6 is 24.0 Å². The van der Waals surface area contributed by atoms with E-state index < -0.39 is 0 Å². The van der Waals surface area contributed by atoms with Crippen molar-refractivity contribution in [2.75, 3.05) is 13.1 Å². The van der Waals surface area contributed by atoms with E-state index in [0.717, 1.165) is 31.9 Å². The van der Waals surface area contributed by atoms with Crippen LogP contribution in [-0.2, 0) is 26.4 Å². The van der Waals surface area contributed by atoms with Crippen LogP contribution in [0.25, 0.3) is 0 Å². The number of aromatic nitrogens is 2. The van der Waals surface area contributed by atoms with E-state index >= 15 is 0 Å². The van der Waals surface area contributed by atoms with E-state index in [1.54, 1.807) is 0 Å². The molecule has 1 aromatic heterocycles. The Morgan fingerprint density at radius 1 is 1.09 bits per heavy atom. The molecular weight excluding hydrogens is 401 g/mol. The molecule has 1 heterocycles. The molecule has 0 aliphatic heterocycles. The van der Waals surface area contributed by atoms with Crippen molar-refractivity contribution in [3.8, 4) is 0 Å². The van der Waals surface area contributed by atoms with Crippen molar-refractivity contribution in [3.05, 3.63) is 17.0 Å². The lowest BCUT2D eigenvalue weighted by Gasteiger charge is -2.11. The fourth-order valence-electron chi connectivity index (χ4n) is 2.65. The van der Waals surface area contributed by atoms with Crippen molar-refractivity contribution >= 4 is 29.9 Å². The van der Waals surface area contributed by atoms with Gasteiger partial charge < -0.3 is 10.6 Å². The molecule has 1 aromatic rings. The van der Waals surface area contributed by atoms with Crippen LogP contribution in [0.3, 0.4) is 0 Å². The van der Waals surface area contributed by atoms with Crippen molar-refractivity contribution in [1.82, 2.24) is 20.4 Å². The van der Waals surface area contributed by atoms with Crippen molar-refractivity contribution in [1.29, 1.82) is 0 Å². The monoisotopic (exact) mass is 435 g/mol. The first-order valence-electron chi connectivity index (χ1n) is 8.73. The van der Waals surface area contributed by atoms with E-state index in [4.69, 9.17) is 4.99 Å². The third-order valence-electron chi connectivity index (χ3n) is 3.84. The summed E-state index contributed by atoms with van der Waals surface area (Å²) in [5.41, 5.74) is 3.76. The molecular formula is C17H34IN5. The van der Waals surface area contributed by atoms with Crippen LogP contribution in [0.5, 0.6) is 0 Å². The third kappa shape index (κ3) is 7.10. The van der Waals surface area contributed by atoms with Gasteiger partial charge in [0.05, 0.1) is 12.2 Å². The van der Waals surface area contributed by atoms with Crippen LogP contribution in [0.4, 0.5) is 0 Å². The summed E-state index contributed by atoms with van der Waals surface area (Å²) in [4.78, 5) is 4.75. The molecule has 5 nitrogen and oxygen atoms in total. The molecule has 0 fully saturated rings. The number of nitrogens with zero attached hydrogens (tertiary/aromatic N) is 3. The molecule has 0 aromatic carbocycles. The Balaban J connectivity index is 0.00000484. The standard InChI is InChI=1S/C17H33N5.HI/c1-6-10-11-12-19-17(18-9-4)20-13-14-15(7-2)21-22(5)16(14)8-3;/h6-13H2,1-5H3,(H2,18,19,20);1H. The maximum atomic E-state index is 4.75. The first-order chi connectivity index (χ1) is 10.7. The SMILES string of the molecule is CCCCCNC(=NCc1c(CC)nn(C)c1CC)NCC.I. The lowest BCUT2D eigenvalue weighted by Crippen LogP contribution is -2.37. The maximum Gasteiger partial charge on any atom is 0.191 e. The molecule has 0 saturated heterocycles. The fraction of sp³-hybridized carbons (Fsp3) is 0.765. The van der Waals surface area contributed by atoms with Gasteiger partial charge in [-0.2, -0.15) is 5.10 Å². The molecule has 2 N–H and O–H groups in total. The Labute approximate surface area is 158 Å². The Morgan fingerprint density at radius 2 is 1.83 bits per heavy atom. The number of hydrogen-bond acceptors (Lipinski definition) is 2. The number of aryl methyl sites for hydroxylation is 2. The average Bonchev–Trinajstić information content (AvgIpc) is 2.83. The van der Waals surface area contributed by atoms with Crippen molar-refractivity contribution in [2.24, 2.45) is 12.0 Å². The molecule has 0 bridgehead atoms. The minimum atomic E-state index is 0. The van der Waals surface area contributed by atoms with E-state index in [2.05, 4.69) is 43.4 Å². The predicted molar refractivity (Wildman–Crippen MR) is 110 cm³/mol. The van der Waals surface area contributed by atoms with Gasteiger partial charge in [0.1, 0.15) is 0 Å². The van der Waals surface area contributed by atoms with E-state index in [-0.39, 0.29) is 24.0 Å². The largest absolute Gasteiger partial charge is 0.357 e. The Bertz CT molecular complexity index is 468. The zero-order chi connectivity index (χ0) is 16.4. The van der Waals surface area contributed by atoms with Crippen molar-refractivity contribution < 1.29 is 0 Å². The smallest absolute Gasteiger partial charge is 0.191 e. The minimum absolute atomic E-state index is 0. The van der Waals surface area contributed by atoms with Gasteiger partial charge >= 0.3 is 0 Å². The summed E-state index contributed by atoms with van der Waals surface area (Å²) in [7, 11) is 2.03. The number of nitrogens with one attached hydrogen (secondary N) is 2. The Morgan fingerprint density at radius 3 is 2.39 bits per heavy atom. The molecule has 134 valence electrons. The summed E-state index contributed by atoms with van der Waals surface area (Å²) in [5, 5.41) is 11.4. The van der Waals surface area contributed by atoms with Crippen molar-refractivity contribution in [2.45, 2.75) is 66.3 Å². The van der Waals surface area contributed by atoms with Gasteiger partial charge in [0, 0.05) is 31.4 Å². The normalized spacial score (nSPS) is 11.3. The lowest BCUT2D eigenvalue weighted by molar-refractivity contribution is 0.683. The first-order valence-corrected chi connectivity index (χ1v) is 8.73. The van der Waals surface area contributed by atoms with Crippen LogP contribution < -0.4 is 10.6 Å². The zero-order valence-corrected chi connectivity index (χ0v) is 17.7. The molecule has 1 rings (SSSR count). The quantitative estimate of drug-likeness (QED) is 0.271. The number of unbranched alkanes of at least 4 members (excludes halogenated alkanes) is 2. The highest BCUT2D eigenvalue weighted by atomic mass is 127. The van der Waals surface area contributed by atoms with Crippen molar-refractivity contribution in [3.63, 3.8) is 0 Å². The summed E-state index contributed by atoms with van der Waals surface area (Å²) in [6.07, 6.45) is 5.64. The molecule has 0 aliphatic carbocycles. The Hall–Kier alpha value is -0.790. The second-order valence-electron chi connectivity index (χ2n) is 5.53. The summed E-state index contributed by atoms with van der Waals surface area (Å²) in [6.45, 7) is 11.2. The molecule has 0 spiro atoms. The second-order valence-corrected chi connectivity index (χ2v) is 5.53. The summed E-state index contributed by atoms with van der Waals surface area (Å²) < 4.78 is 2.01. The summed E-state index contributed by atoms with van der Waals surface area (Å²) >= 11 is 0. The highest BCUT2D eigenvalue weighted by Gasteiger charge is 2.13. The number of halogens is 1. The van der Waals surface area contributed by atoms with E-state index in [1.165, 1.54) is 36.2 Å². The van der Waals surface area contributed by atoms with Crippen LogP contribution in [0, 0.1) is 0 Å². The molecule has 6 heteroatoms. The number of guanidine groups is 1. The highest BCUT2D eigenvalue weighted by Crippen LogP contribution is 2.16. The first kappa shape index (κ1) is 22.2. The number of rotatable bonds is 9. The zero-order valence-electron chi connectivity index (χ0n) is 15.4. The minimum Gasteiger partial charge on any atom is -0.357 e. The number of aliphatic imine (C=N–C) groups is 1. The van der Waals surface area contributed by atoms with E-state index in [1.807, 2.05) is 11.7 Å². The van der Waals surface area contributed by atoms with Gasteiger partial charge in [0.15, 0.2) is 5.96 Å². The molecule has 23 heavy (non-hydrogen) atoms. The maximum absolute atomic E-state index is 4.75. The van der Waals surface area contributed by atoms with Gasteiger partial charge in [-0.1, -0.05) is 33.6 Å². The van der Waals surface area contributed by atoms with Crippen LogP contribution in [0.15, 0.2) is 4.99 Å². The van der Waals surface area contributed by atoms with Gasteiger partial charge in [-0.15, -0.1) is 24.0 Å². The lowest BCUT2D eigenvalue weighted by atomic mass is 10.1. The topological polar surface area (TPSA) is 54.2 Å². The molecule has 0 radical (unpaired) electrons. The predicted octanol–water partition coefficient (Wildman–Crippen LogP) is 3.41. The van der Waals surface area contributed by atoms with Crippen LogP contribution in [-0.4, -0.2) is 28.8 Å². The fourth-order valence-corrected chi connectivity index (χ4v) is 2.65. The van der Waals surface area contributed by atoms with Gasteiger partial charge in [-0.05, 0) is 26.2 Å². The van der Waals surface area contributed by atoms with Gasteiger partial charge in [0.2, 0.25) is 0 Å². The molecule has 0 unspecified atom stereocenters. The second kappa shape index (κ2) is 12.6. The Kier molecular flexibility index (Phi) is 12.2. The third-order valence-corrected chi connectivity index (χ3v) is 3.84. The number of hydrogen-bond donors (Lipinski definition) is 2. The summed E-state index contributed by atoms with van der Waals surface area (Å²) in [5.74, 6) is 0.909. The summed E-state index contributed by atoms with van der Waals surface area (Å²) in [6, 6.07) is 0. The van der Waals surface area contributed by atoms with Gasteiger partial charge in [-0.25, -0.2) is 4.99 Å². The average molecular weight is 435 g/mol.